The van der Waals surface area contributed by atoms with Crippen molar-refractivity contribution in [2.24, 2.45) is 0 Å². The first-order valence-corrected chi connectivity index (χ1v) is 11.4. The Kier molecular flexibility index (Phi) is 7.28. The van der Waals surface area contributed by atoms with Crippen molar-refractivity contribution in [1.82, 2.24) is 14.9 Å². The van der Waals surface area contributed by atoms with E-state index in [1.54, 1.807) is 25.1 Å². The van der Waals surface area contributed by atoms with E-state index in [9.17, 15) is 27.2 Å². The van der Waals surface area contributed by atoms with Crippen LogP contribution in [0.15, 0.2) is 67.0 Å². The molecule has 0 saturated heterocycles. The number of aryl methyl sites for hydroxylation is 1. The summed E-state index contributed by atoms with van der Waals surface area (Å²) in [5, 5.41) is 12.4. The van der Waals surface area contributed by atoms with Crippen molar-refractivity contribution in [1.29, 1.82) is 0 Å². The van der Waals surface area contributed by atoms with Gasteiger partial charge in [0.1, 0.15) is 12.3 Å². The molecule has 6 nitrogen and oxygen atoms in total. The van der Waals surface area contributed by atoms with E-state index in [0.717, 1.165) is 12.1 Å². The number of alkyl halides is 4. The van der Waals surface area contributed by atoms with Gasteiger partial charge in [-0.05, 0) is 60.4 Å². The van der Waals surface area contributed by atoms with Crippen LogP contribution in [0.3, 0.4) is 0 Å². The lowest BCUT2D eigenvalue weighted by Gasteiger charge is -2.15. The molecule has 37 heavy (non-hydrogen) atoms. The lowest BCUT2D eigenvalue weighted by atomic mass is 9.99. The molecule has 1 amide bonds. The molecule has 4 aromatic rings. The van der Waals surface area contributed by atoms with Crippen LogP contribution in [0.4, 0.5) is 17.6 Å². The fourth-order valence-electron chi connectivity index (χ4n) is 4.17. The van der Waals surface area contributed by atoms with Crippen LogP contribution < -0.4 is 5.32 Å². The SMILES string of the molecule is CC(NC(=O)c1cn(CCF)c2nccc(Cc3ccc(C(F)(F)F)cc3)c12)c1ccc(C(=O)O)cc1. The van der Waals surface area contributed by atoms with Crippen molar-refractivity contribution in [3.8, 4) is 0 Å². The van der Waals surface area contributed by atoms with Gasteiger partial charge in [0.2, 0.25) is 0 Å². The van der Waals surface area contributed by atoms with Gasteiger partial charge in [-0.1, -0.05) is 24.3 Å². The number of amides is 1. The first kappa shape index (κ1) is 25.9. The van der Waals surface area contributed by atoms with Crippen molar-refractivity contribution >= 4 is 22.9 Å². The van der Waals surface area contributed by atoms with E-state index in [2.05, 4.69) is 10.3 Å². The van der Waals surface area contributed by atoms with E-state index in [0.29, 0.717) is 27.7 Å². The molecule has 1 unspecified atom stereocenters. The van der Waals surface area contributed by atoms with Crippen molar-refractivity contribution in [2.45, 2.75) is 32.1 Å². The maximum absolute atomic E-state index is 13.3. The molecule has 2 aromatic heterocycles. The third-order valence-corrected chi connectivity index (χ3v) is 6.09. The van der Waals surface area contributed by atoms with Gasteiger partial charge in [-0.3, -0.25) is 4.79 Å². The fourth-order valence-corrected chi connectivity index (χ4v) is 4.17. The average molecular weight is 513 g/mol. The summed E-state index contributed by atoms with van der Waals surface area (Å²) in [6, 6.07) is 12.1. The Morgan fingerprint density at radius 1 is 1.05 bits per heavy atom. The van der Waals surface area contributed by atoms with Crippen molar-refractivity contribution in [3.63, 3.8) is 0 Å². The minimum absolute atomic E-state index is 0.0211. The van der Waals surface area contributed by atoms with Crippen LogP contribution in [0.25, 0.3) is 11.0 Å². The maximum Gasteiger partial charge on any atom is 0.416 e. The molecule has 0 saturated carbocycles. The number of nitrogens with one attached hydrogen (secondary N) is 1. The quantitative estimate of drug-likeness (QED) is 0.292. The fraction of sp³-hybridized carbons (Fsp3) is 0.222. The van der Waals surface area contributed by atoms with Gasteiger partial charge in [-0.15, -0.1) is 0 Å². The zero-order valence-corrected chi connectivity index (χ0v) is 19.7. The van der Waals surface area contributed by atoms with Crippen LogP contribution >= 0.6 is 0 Å². The smallest absolute Gasteiger partial charge is 0.416 e. The van der Waals surface area contributed by atoms with Gasteiger partial charge in [0, 0.05) is 17.8 Å². The number of aromatic carboxylic acids is 1. The Bertz CT molecular complexity index is 1430. The van der Waals surface area contributed by atoms with Gasteiger partial charge >= 0.3 is 12.1 Å². The molecule has 0 aliphatic carbocycles. The number of fused-ring (bicyclic) bond motifs is 1. The highest BCUT2D eigenvalue weighted by atomic mass is 19.4. The zero-order chi connectivity index (χ0) is 26.7. The number of carbonyl (C=O) groups is 2. The molecule has 0 spiro atoms. The first-order chi connectivity index (χ1) is 17.6. The van der Waals surface area contributed by atoms with Gasteiger partial charge in [-0.25, -0.2) is 14.2 Å². The van der Waals surface area contributed by atoms with Crippen LogP contribution in [0.2, 0.25) is 0 Å². The highest BCUT2D eigenvalue weighted by Gasteiger charge is 2.30. The van der Waals surface area contributed by atoms with E-state index >= 15 is 0 Å². The van der Waals surface area contributed by atoms with Crippen LogP contribution in [0.1, 0.15) is 55.9 Å². The number of nitrogens with zero attached hydrogens (tertiary/aromatic N) is 2. The summed E-state index contributed by atoms with van der Waals surface area (Å²) < 4.78 is 53.6. The third-order valence-electron chi connectivity index (χ3n) is 6.09. The summed E-state index contributed by atoms with van der Waals surface area (Å²) in [7, 11) is 0. The van der Waals surface area contributed by atoms with E-state index < -0.39 is 36.3 Å². The minimum Gasteiger partial charge on any atom is -0.478 e. The topological polar surface area (TPSA) is 84.2 Å². The molecule has 2 heterocycles. The summed E-state index contributed by atoms with van der Waals surface area (Å²) in [5.74, 6) is -1.50. The van der Waals surface area contributed by atoms with Gasteiger partial charge in [-0.2, -0.15) is 13.2 Å². The van der Waals surface area contributed by atoms with Crippen molar-refractivity contribution in [2.75, 3.05) is 6.67 Å². The molecule has 1 atom stereocenters. The largest absolute Gasteiger partial charge is 0.478 e. The first-order valence-electron chi connectivity index (χ1n) is 11.4. The predicted octanol–water partition coefficient (Wildman–Crippen LogP) is 5.80. The van der Waals surface area contributed by atoms with Crippen LogP contribution in [-0.2, 0) is 19.1 Å². The highest BCUT2D eigenvalue weighted by Crippen LogP contribution is 2.31. The normalized spacial score (nSPS) is 12.5. The monoisotopic (exact) mass is 513 g/mol. The molecule has 192 valence electrons. The molecule has 4 rings (SSSR count). The molecule has 0 bridgehead atoms. The van der Waals surface area contributed by atoms with Gasteiger partial charge in [0.25, 0.3) is 5.91 Å². The Balaban J connectivity index is 1.66. The Labute approximate surface area is 209 Å². The molecule has 2 N–H and O–H groups in total. The summed E-state index contributed by atoms with van der Waals surface area (Å²) in [6.07, 6.45) is -1.17. The summed E-state index contributed by atoms with van der Waals surface area (Å²) in [4.78, 5) is 28.8. The number of pyridine rings is 1. The van der Waals surface area contributed by atoms with Crippen LogP contribution in [-0.4, -0.2) is 33.2 Å². The molecule has 0 aliphatic heterocycles. The number of carbonyl (C=O) groups excluding carboxylic acids is 1. The summed E-state index contributed by atoms with van der Waals surface area (Å²) >= 11 is 0. The van der Waals surface area contributed by atoms with Crippen LogP contribution in [0.5, 0.6) is 0 Å². The number of hydrogen-bond acceptors (Lipinski definition) is 3. The molecule has 10 heteroatoms. The number of rotatable bonds is 8. The lowest BCUT2D eigenvalue weighted by molar-refractivity contribution is -0.137. The van der Waals surface area contributed by atoms with Crippen molar-refractivity contribution < 1.29 is 32.3 Å². The van der Waals surface area contributed by atoms with Gasteiger partial charge in [0.05, 0.1) is 29.3 Å². The van der Waals surface area contributed by atoms with Gasteiger partial charge in [0.15, 0.2) is 0 Å². The van der Waals surface area contributed by atoms with E-state index in [-0.39, 0.29) is 24.1 Å². The summed E-state index contributed by atoms with van der Waals surface area (Å²) in [5.41, 5.74) is 1.97. The molecule has 0 fully saturated rings. The zero-order valence-electron chi connectivity index (χ0n) is 19.7. The second-order valence-electron chi connectivity index (χ2n) is 8.59. The number of carboxylic acids is 1. The number of benzene rings is 2. The second kappa shape index (κ2) is 10.4. The Hall–Kier alpha value is -4.21. The molecular formula is C27H23F4N3O3. The number of hydrogen-bond donors (Lipinski definition) is 2. The Morgan fingerprint density at radius 3 is 2.32 bits per heavy atom. The predicted molar refractivity (Wildman–Crippen MR) is 129 cm³/mol. The average Bonchev–Trinajstić information content (AvgIpc) is 3.24. The van der Waals surface area contributed by atoms with E-state index in [1.165, 1.54) is 41.2 Å². The minimum atomic E-state index is -4.44. The molecule has 2 aromatic carbocycles. The Morgan fingerprint density at radius 2 is 1.73 bits per heavy atom. The second-order valence-corrected chi connectivity index (χ2v) is 8.59. The van der Waals surface area contributed by atoms with E-state index in [4.69, 9.17) is 5.11 Å². The lowest BCUT2D eigenvalue weighted by Crippen LogP contribution is -2.26. The number of aromatic nitrogens is 2. The molecular weight excluding hydrogens is 490 g/mol. The third kappa shape index (κ3) is 5.63. The maximum atomic E-state index is 13.3. The molecule has 0 aliphatic rings. The van der Waals surface area contributed by atoms with Crippen molar-refractivity contribution in [3.05, 3.63) is 100 Å². The number of carboxylic acid groups (broad SMARTS) is 1. The number of halogens is 4. The summed E-state index contributed by atoms with van der Waals surface area (Å²) in [6.45, 7) is 1.05. The van der Waals surface area contributed by atoms with Crippen LogP contribution in [0, 0.1) is 0 Å². The van der Waals surface area contributed by atoms with Gasteiger partial charge < -0.3 is 15.0 Å². The van der Waals surface area contributed by atoms with E-state index in [1.807, 2.05) is 0 Å². The molecule has 0 radical (unpaired) electrons. The highest BCUT2D eigenvalue weighted by molar-refractivity contribution is 6.07. The standard InChI is InChI=1S/C27H23F4N3O3/c1-16(18-4-6-19(7-5-18)26(36)37)33-25(35)22-15-34(13-11-28)24-23(22)20(10-12-32-24)14-17-2-8-21(9-3-17)27(29,30)31/h2-10,12,15-16H,11,13-14H2,1H3,(H,33,35)(H,36,37).